The Balaban J connectivity index is 1.13. The molecule has 10 nitrogen and oxygen atoms in total. The molecule has 0 aliphatic heterocycles. The molecular weight excluding hydrogens is 750 g/mol. The highest BCUT2D eigenvalue weighted by Gasteiger charge is 2.34. The first-order valence-corrected chi connectivity index (χ1v) is 18.3. The van der Waals surface area contributed by atoms with Gasteiger partial charge >= 0.3 is 12.1 Å². The van der Waals surface area contributed by atoms with E-state index in [1.807, 2.05) is 31.2 Å². The molecule has 1 heterocycles. The number of halogens is 3. The highest BCUT2D eigenvalue weighted by molar-refractivity contribution is 5.97. The summed E-state index contributed by atoms with van der Waals surface area (Å²) in [5, 5.41) is 6.74. The molecule has 5 aromatic carbocycles. The maximum absolute atomic E-state index is 13.8. The fourth-order valence-electron chi connectivity index (χ4n) is 6.08. The van der Waals surface area contributed by atoms with Crippen LogP contribution in [-0.2, 0) is 33.5 Å². The molecule has 0 saturated carbocycles. The summed E-state index contributed by atoms with van der Waals surface area (Å²) in [6.07, 6.45) is -5.23. The van der Waals surface area contributed by atoms with E-state index in [0.717, 1.165) is 22.8 Å². The number of alkyl halides is 3. The number of benzene rings is 5. The van der Waals surface area contributed by atoms with Crippen molar-refractivity contribution in [1.82, 2.24) is 15.0 Å². The predicted molar refractivity (Wildman–Crippen MR) is 213 cm³/mol. The van der Waals surface area contributed by atoms with E-state index in [4.69, 9.17) is 14.0 Å². The smallest absolute Gasteiger partial charge is 0.416 e. The van der Waals surface area contributed by atoms with Crippen molar-refractivity contribution in [2.75, 3.05) is 19.0 Å². The summed E-state index contributed by atoms with van der Waals surface area (Å²) in [4.78, 5) is 45.5. The molecule has 1 aromatic heterocycles. The van der Waals surface area contributed by atoms with Gasteiger partial charge < -0.3 is 24.2 Å². The zero-order chi connectivity index (χ0) is 41.6. The molecule has 298 valence electrons. The second kappa shape index (κ2) is 17.2. The van der Waals surface area contributed by atoms with Crippen molar-refractivity contribution in [3.05, 3.63) is 143 Å². The van der Waals surface area contributed by atoms with Crippen molar-refractivity contribution in [3.63, 3.8) is 0 Å². The van der Waals surface area contributed by atoms with Crippen LogP contribution in [0.3, 0.4) is 0 Å². The molecule has 13 heteroatoms. The topological polar surface area (TPSA) is 124 Å². The molecule has 0 saturated heterocycles. The van der Waals surface area contributed by atoms with E-state index in [1.165, 1.54) is 54.0 Å². The van der Waals surface area contributed by atoms with Crippen molar-refractivity contribution < 1.29 is 41.6 Å². The van der Waals surface area contributed by atoms with Crippen molar-refractivity contribution in [3.8, 4) is 39.7 Å². The van der Waals surface area contributed by atoms with E-state index in [9.17, 15) is 27.6 Å². The zero-order valence-electron chi connectivity index (χ0n) is 32.5. The van der Waals surface area contributed by atoms with Crippen molar-refractivity contribution in [2.24, 2.45) is 0 Å². The number of aryl methyl sites for hydroxylation is 1. The first-order chi connectivity index (χ1) is 27.5. The third kappa shape index (κ3) is 10.5. The minimum Gasteiger partial charge on any atom is -0.497 e. The van der Waals surface area contributed by atoms with Crippen molar-refractivity contribution >= 4 is 23.5 Å². The normalized spacial score (nSPS) is 11.5. The molecule has 0 aliphatic carbocycles. The zero-order valence-corrected chi connectivity index (χ0v) is 32.5. The van der Waals surface area contributed by atoms with Gasteiger partial charge in [0.25, 0.3) is 11.8 Å². The number of carbonyl (C=O) groups excluding carboxylic acids is 3. The van der Waals surface area contributed by atoms with Crippen LogP contribution < -0.4 is 10.1 Å². The Morgan fingerprint density at radius 2 is 1.38 bits per heavy atom. The molecule has 1 N–H and O–H groups in total. The van der Waals surface area contributed by atoms with Crippen LogP contribution in [0.4, 0.5) is 18.9 Å². The van der Waals surface area contributed by atoms with Gasteiger partial charge in [0.2, 0.25) is 11.7 Å². The minimum atomic E-state index is -4.69. The second-order valence-electron chi connectivity index (χ2n) is 14.6. The van der Waals surface area contributed by atoms with E-state index < -0.39 is 41.5 Å². The number of hydrogen-bond donors (Lipinski definition) is 1. The Hall–Kier alpha value is -6.76. The van der Waals surface area contributed by atoms with E-state index in [-0.39, 0.29) is 35.7 Å². The van der Waals surface area contributed by atoms with E-state index in [1.54, 1.807) is 45.0 Å². The number of esters is 1. The lowest BCUT2D eigenvalue weighted by atomic mass is 10.0. The van der Waals surface area contributed by atoms with Crippen LogP contribution in [0.2, 0.25) is 0 Å². The average Bonchev–Trinajstić information content (AvgIpc) is 3.68. The first kappa shape index (κ1) is 40.9. The van der Waals surface area contributed by atoms with Gasteiger partial charge in [-0.1, -0.05) is 77.5 Å². The van der Waals surface area contributed by atoms with Crippen molar-refractivity contribution in [1.29, 1.82) is 0 Å². The number of amides is 2. The number of aromatic nitrogens is 2. The van der Waals surface area contributed by atoms with Gasteiger partial charge in [0.15, 0.2) is 0 Å². The van der Waals surface area contributed by atoms with Gasteiger partial charge in [0.1, 0.15) is 17.9 Å². The maximum atomic E-state index is 13.8. The number of methoxy groups -OCH3 is 1. The quantitative estimate of drug-likeness (QED) is 0.122. The van der Waals surface area contributed by atoms with Crippen molar-refractivity contribution in [2.45, 2.75) is 52.4 Å². The SMILES string of the molecule is COc1ccc(CC(=O)Nc2ccc(C(=O)N(CC(=O)OC(C)(C)C)Cc3ccc(-c4noc(-c5ccc(-c6ccc(C)cc6)cc5)n4)cc3)cc2)c(C(F)(F)F)c1. The number of carbonyl (C=O) groups is 3. The van der Waals surface area contributed by atoms with E-state index in [2.05, 4.69) is 39.7 Å². The monoisotopic (exact) mass is 790 g/mol. The molecule has 0 radical (unpaired) electrons. The molecule has 6 rings (SSSR count). The maximum Gasteiger partial charge on any atom is 0.416 e. The number of anilines is 1. The molecule has 0 bridgehead atoms. The Morgan fingerprint density at radius 3 is 1.98 bits per heavy atom. The van der Waals surface area contributed by atoms with E-state index >= 15 is 0 Å². The molecule has 0 unspecified atom stereocenters. The predicted octanol–water partition coefficient (Wildman–Crippen LogP) is 9.57. The number of rotatable bonds is 12. The van der Waals surface area contributed by atoms with Crippen LogP contribution in [-0.4, -0.2) is 52.1 Å². The summed E-state index contributed by atoms with van der Waals surface area (Å²) in [7, 11) is 1.26. The van der Waals surface area contributed by atoms with Crippen LogP contribution in [0.5, 0.6) is 5.75 Å². The summed E-state index contributed by atoms with van der Waals surface area (Å²) >= 11 is 0. The Bertz CT molecular complexity index is 2380. The molecular formula is C45H41F3N4O6. The molecule has 0 spiro atoms. The van der Waals surface area contributed by atoms with Gasteiger partial charge in [0.05, 0.1) is 19.1 Å². The highest BCUT2D eigenvalue weighted by Crippen LogP contribution is 2.35. The Morgan fingerprint density at radius 1 is 0.776 bits per heavy atom. The van der Waals surface area contributed by atoms with Gasteiger partial charge in [-0.3, -0.25) is 14.4 Å². The first-order valence-electron chi connectivity index (χ1n) is 18.3. The molecule has 6 aromatic rings. The van der Waals surface area contributed by atoms with Crippen LogP contribution in [0, 0.1) is 6.92 Å². The molecule has 0 aliphatic rings. The summed E-state index contributed by atoms with van der Waals surface area (Å²) < 4.78 is 57.0. The number of hydrogen-bond acceptors (Lipinski definition) is 8. The summed E-state index contributed by atoms with van der Waals surface area (Å²) in [5.41, 5.74) is 4.01. The van der Waals surface area contributed by atoms with Gasteiger partial charge in [-0.05, 0) is 98.5 Å². The van der Waals surface area contributed by atoms with Gasteiger partial charge in [-0.15, -0.1) is 0 Å². The third-order valence-electron chi connectivity index (χ3n) is 8.94. The third-order valence-corrected chi connectivity index (χ3v) is 8.94. The number of nitrogens with one attached hydrogen (secondary N) is 1. The van der Waals surface area contributed by atoms with Crippen LogP contribution >= 0.6 is 0 Å². The fourth-order valence-corrected chi connectivity index (χ4v) is 6.08. The Labute approximate surface area is 333 Å². The lowest BCUT2D eigenvalue weighted by Gasteiger charge is -2.25. The molecule has 58 heavy (non-hydrogen) atoms. The Kier molecular flexibility index (Phi) is 12.1. The molecule has 0 atom stereocenters. The largest absolute Gasteiger partial charge is 0.497 e. The molecule has 2 amide bonds. The minimum absolute atomic E-state index is 0.0178. The lowest BCUT2D eigenvalue weighted by molar-refractivity contribution is -0.155. The number of ether oxygens (including phenoxy) is 2. The summed E-state index contributed by atoms with van der Waals surface area (Å²) in [5.74, 6) is -1.02. The number of nitrogens with zero attached hydrogens (tertiary/aromatic N) is 3. The second-order valence-corrected chi connectivity index (χ2v) is 14.6. The fraction of sp³-hybridized carbons (Fsp3) is 0.222. The van der Waals surface area contributed by atoms with Gasteiger partial charge in [-0.25, -0.2) is 0 Å². The van der Waals surface area contributed by atoms with Crippen LogP contribution in [0.15, 0.2) is 120 Å². The average molecular weight is 791 g/mol. The van der Waals surface area contributed by atoms with Crippen LogP contribution in [0.1, 0.15) is 53.4 Å². The lowest BCUT2D eigenvalue weighted by Crippen LogP contribution is -2.38. The standard InChI is InChI=1S/C45H41F3N4O6/c1-28-6-10-30(11-7-28)31-14-16-33(17-15-31)42-50-41(51-58-42)32-12-8-29(9-13-32)26-52(27-40(54)57-44(2,3)4)43(55)34-18-21-36(22-19-34)49-39(53)24-35-20-23-37(56-5)25-38(35)45(46,47)48/h6-23,25H,24,26-27H2,1-5H3,(H,49,53). The molecule has 0 fully saturated rings. The van der Waals surface area contributed by atoms with Crippen LogP contribution in [0.25, 0.3) is 34.0 Å². The summed E-state index contributed by atoms with van der Waals surface area (Å²) in [6.45, 7) is 6.92. The highest BCUT2D eigenvalue weighted by atomic mass is 19.4. The van der Waals surface area contributed by atoms with Gasteiger partial charge in [-0.2, -0.15) is 18.2 Å². The summed E-state index contributed by atoms with van der Waals surface area (Å²) in [6, 6.07) is 32.5. The van der Waals surface area contributed by atoms with E-state index in [0.29, 0.717) is 22.8 Å². The van der Waals surface area contributed by atoms with Gasteiger partial charge in [0, 0.05) is 28.9 Å².